The summed E-state index contributed by atoms with van der Waals surface area (Å²) in [4.78, 5) is 10.6. The molecule has 21 heavy (non-hydrogen) atoms. The first kappa shape index (κ1) is 15.4. The van der Waals surface area contributed by atoms with Gasteiger partial charge in [-0.2, -0.15) is 0 Å². The summed E-state index contributed by atoms with van der Waals surface area (Å²) < 4.78 is 19.4. The Hall–Kier alpha value is -1.95. The van der Waals surface area contributed by atoms with Crippen molar-refractivity contribution < 1.29 is 14.1 Å². The molecule has 4 nitrogen and oxygen atoms in total. The van der Waals surface area contributed by atoms with Crippen LogP contribution in [0.3, 0.4) is 0 Å². The molecular formula is C15H13BrFNO3. The first-order chi connectivity index (χ1) is 9.92. The number of aryl methyl sites for hydroxylation is 2. The maximum Gasteiger partial charge on any atom is 0.312 e. The van der Waals surface area contributed by atoms with Crippen molar-refractivity contribution in [3.05, 3.63) is 63.0 Å². The third-order valence-corrected chi connectivity index (χ3v) is 3.61. The summed E-state index contributed by atoms with van der Waals surface area (Å²) in [6, 6.07) is 7.66. The van der Waals surface area contributed by atoms with Gasteiger partial charge in [-0.3, -0.25) is 10.1 Å². The fourth-order valence-corrected chi connectivity index (χ4v) is 2.37. The fraction of sp³-hybridized carbons (Fsp3) is 0.200. The van der Waals surface area contributed by atoms with Crippen molar-refractivity contribution in [1.82, 2.24) is 0 Å². The van der Waals surface area contributed by atoms with E-state index in [0.29, 0.717) is 10.9 Å². The minimum atomic E-state index is -0.554. The van der Waals surface area contributed by atoms with Crippen LogP contribution in [0.5, 0.6) is 11.5 Å². The molecule has 0 unspecified atom stereocenters. The van der Waals surface area contributed by atoms with Gasteiger partial charge in [-0.1, -0.05) is 28.1 Å². The highest BCUT2D eigenvalue weighted by atomic mass is 79.9. The Morgan fingerprint density at radius 2 is 2.00 bits per heavy atom. The van der Waals surface area contributed by atoms with Crippen LogP contribution in [0.25, 0.3) is 0 Å². The topological polar surface area (TPSA) is 52.4 Å². The molecule has 2 rings (SSSR count). The van der Waals surface area contributed by atoms with E-state index in [9.17, 15) is 14.5 Å². The monoisotopic (exact) mass is 353 g/mol. The molecule has 0 fully saturated rings. The largest absolute Gasteiger partial charge is 0.447 e. The Kier molecular flexibility index (Phi) is 4.57. The lowest BCUT2D eigenvalue weighted by molar-refractivity contribution is -0.385. The molecule has 0 aliphatic heterocycles. The average Bonchev–Trinajstić information content (AvgIpc) is 2.42. The van der Waals surface area contributed by atoms with Gasteiger partial charge < -0.3 is 4.74 Å². The molecule has 0 saturated heterocycles. The van der Waals surface area contributed by atoms with E-state index >= 15 is 0 Å². The summed E-state index contributed by atoms with van der Waals surface area (Å²) in [5.41, 5.74) is 1.93. The van der Waals surface area contributed by atoms with E-state index in [-0.39, 0.29) is 17.2 Å². The molecule has 0 N–H and O–H groups in total. The predicted octanol–water partition coefficient (Wildman–Crippen LogP) is 5.04. The molecule has 0 aliphatic rings. The number of nitrogens with zero attached hydrogens (tertiary/aromatic N) is 1. The second-order valence-corrected chi connectivity index (χ2v) is 5.25. The molecule has 0 amide bonds. The van der Waals surface area contributed by atoms with Crippen LogP contribution in [-0.2, 0) is 5.33 Å². The zero-order valence-corrected chi connectivity index (χ0v) is 13.1. The Labute approximate surface area is 129 Å². The first-order valence-electron chi connectivity index (χ1n) is 6.20. The fourth-order valence-electron chi connectivity index (χ4n) is 2.02. The summed E-state index contributed by atoms with van der Waals surface area (Å²) in [5, 5.41) is 11.6. The lowest BCUT2D eigenvalue weighted by Gasteiger charge is -2.11. The van der Waals surface area contributed by atoms with Crippen LogP contribution in [0.4, 0.5) is 10.1 Å². The number of benzene rings is 2. The van der Waals surface area contributed by atoms with Gasteiger partial charge in [-0.05, 0) is 42.7 Å². The summed E-state index contributed by atoms with van der Waals surface area (Å²) in [5.74, 6) is -0.521. The molecule has 0 atom stereocenters. The van der Waals surface area contributed by atoms with Crippen molar-refractivity contribution in [2.45, 2.75) is 19.2 Å². The molecular weight excluding hydrogens is 341 g/mol. The van der Waals surface area contributed by atoms with Gasteiger partial charge in [-0.15, -0.1) is 0 Å². The van der Waals surface area contributed by atoms with Gasteiger partial charge >= 0.3 is 5.69 Å². The van der Waals surface area contributed by atoms with Gasteiger partial charge in [0.15, 0.2) is 11.6 Å². The van der Waals surface area contributed by atoms with Crippen LogP contribution in [0, 0.1) is 29.8 Å². The van der Waals surface area contributed by atoms with E-state index in [2.05, 4.69) is 15.9 Å². The normalized spacial score (nSPS) is 10.5. The van der Waals surface area contributed by atoms with Crippen molar-refractivity contribution in [3.63, 3.8) is 0 Å². The van der Waals surface area contributed by atoms with E-state index in [1.807, 2.05) is 0 Å². The lowest BCUT2D eigenvalue weighted by atomic mass is 10.1. The Balaban J connectivity index is 2.46. The van der Waals surface area contributed by atoms with Crippen LogP contribution in [-0.4, -0.2) is 4.92 Å². The molecule has 6 heteroatoms. The lowest BCUT2D eigenvalue weighted by Crippen LogP contribution is -1.98. The minimum absolute atomic E-state index is 0.0326. The molecule has 0 saturated carbocycles. The number of nitro groups is 1. The number of rotatable bonds is 4. The summed E-state index contributed by atoms with van der Waals surface area (Å²) in [7, 11) is 0. The van der Waals surface area contributed by atoms with E-state index < -0.39 is 10.7 Å². The maximum absolute atomic E-state index is 14.0. The van der Waals surface area contributed by atoms with E-state index in [4.69, 9.17) is 4.74 Å². The highest BCUT2D eigenvalue weighted by Gasteiger charge is 2.20. The van der Waals surface area contributed by atoms with Gasteiger partial charge in [0, 0.05) is 11.4 Å². The molecule has 0 heterocycles. The molecule has 2 aromatic rings. The highest BCUT2D eigenvalue weighted by Crippen LogP contribution is 2.36. The Bertz CT molecular complexity index is 704. The Morgan fingerprint density at radius 1 is 1.29 bits per heavy atom. The van der Waals surface area contributed by atoms with Gasteiger partial charge in [0.1, 0.15) is 0 Å². The Morgan fingerprint density at radius 3 is 2.57 bits per heavy atom. The smallest absolute Gasteiger partial charge is 0.312 e. The number of ether oxygens (including phenoxy) is 1. The van der Waals surface area contributed by atoms with Crippen molar-refractivity contribution in [2.24, 2.45) is 0 Å². The standard InChI is InChI=1S/C15H13BrFNO3/c1-9-5-10(2)15(13(6-9)18(19)20)21-14-4-3-11(8-16)7-12(14)17/h3-7H,8H2,1-2H3. The highest BCUT2D eigenvalue weighted by molar-refractivity contribution is 9.08. The van der Waals surface area contributed by atoms with Gasteiger partial charge in [0.05, 0.1) is 4.92 Å². The van der Waals surface area contributed by atoms with Gasteiger partial charge in [0.25, 0.3) is 0 Å². The number of hydrogen-bond acceptors (Lipinski definition) is 3. The maximum atomic E-state index is 14.0. The van der Waals surface area contributed by atoms with Crippen molar-refractivity contribution in [3.8, 4) is 11.5 Å². The molecule has 2 aromatic carbocycles. The molecule has 0 aromatic heterocycles. The van der Waals surface area contributed by atoms with Crippen LogP contribution >= 0.6 is 15.9 Å². The van der Waals surface area contributed by atoms with Crippen LogP contribution in [0.15, 0.2) is 30.3 Å². The molecule has 0 bridgehead atoms. The van der Waals surface area contributed by atoms with Crippen LogP contribution in [0.2, 0.25) is 0 Å². The molecule has 0 aliphatic carbocycles. The second kappa shape index (κ2) is 6.22. The number of alkyl halides is 1. The second-order valence-electron chi connectivity index (χ2n) is 4.69. The van der Waals surface area contributed by atoms with Crippen molar-refractivity contribution >= 4 is 21.6 Å². The summed E-state index contributed by atoms with van der Waals surface area (Å²) in [6.45, 7) is 3.45. The quantitative estimate of drug-likeness (QED) is 0.439. The first-order valence-corrected chi connectivity index (χ1v) is 7.32. The average molecular weight is 354 g/mol. The van der Waals surface area contributed by atoms with Gasteiger partial charge in [0.2, 0.25) is 5.75 Å². The number of halogens is 2. The summed E-state index contributed by atoms with van der Waals surface area (Å²) in [6.07, 6.45) is 0. The number of hydrogen-bond donors (Lipinski definition) is 0. The SMILES string of the molecule is Cc1cc(C)c(Oc2ccc(CBr)cc2F)c([N+](=O)[O-])c1. The third-order valence-electron chi connectivity index (χ3n) is 2.96. The number of nitro benzene ring substituents is 1. The third kappa shape index (κ3) is 3.39. The van der Waals surface area contributed by atoms with Gasteiger partial charge in [-0.25, -0.2) is 4.39 Å². The predicted molar refractivity (Wildman–Crippen MR) is 81.7 cm³/mol. The molecule has 110 valence electrons. The van der Waals surface area contributed by atoms with Crippen molar-refractivity contribution in [1.29, 1.82) is 0 Å². The molecule has 0 spiro atoms. The van der Waals surface area contributed by atoms with Crippen molar-refractivity contribution in [2.75, 3.05) is 0 Å². The summed E-state index contributed by atoms with van der Waals surface area (Å²) >= 11 is 3.24. The van der Waals surface area contributed by atoms with E-state index in [0.717, 1.165) is 11.1 Å². The van der Waals surface area contributed by atoms with E-state index in [1.54, 1.807) is 26.0 Å². The minimum Gasteiger partial charge on any atom is -0.447 e. The van der Waals surface area contributed by atoms with Crippen LogP contribution < -0.4 is 4.74 Å². The van der Waals surface area contributed by atoms with Crippen LogP contribution in [0.1, 0.15) is 16.7 Å². The zero-order chi connectivity index (χ0) is 15.6. The van der Waals surface area contributed by atoms with E-state index in [1.165, 1.54) is 18.2 Å². The molecule has 0 radical (unpaired) electrons. The zero-order valence-electron chi connectivity index (χ0n) is 11.5.